The van der Waals surface area contributed by atoms with Gasteiger partial charge in [-0.3, -0.25) is 19.8 Å². The molecule has 0 aromatic heterocycles. The van der Waals surface area contributed by atoms with Crippen LogP contribution in [0, 0.1) is 0 Å². The minimum Gasteiger partial charge on any atom is -0.454 e. The van der Waals surface area contributed by atoms with Gasteiger partial charge in [-0.05, 0) is 17.7 Å². The van der Waals surface area contributed by atoms with E-state index in [1.165, 1.54) is 0 Å². The third-order valence-electron chi connectivity index (χ3n) is 4.17. The zero-order valence-corrected chi connectivity index (χ0v) is 15.7. The van der Waals surface area contributed by atoms with Gasteiger partial charge in [-0.15, -0.1) is 0 Å². The first-order chi connectivity index (χ1) is 14.0. The first-order valence-corrected chi connectivity index (χ1v) is 9.04. The highest BCUT2D eigenvalue weighted by molar-refractivity contribution is 6.01. The number of carbonyl (C=O) groups is 3. The second kappa shape index (κ2) is 9.56. The van der Waals surface area contributed by atoms with Crippen LogP contribution in [0.4, 0.5) is 10.5 Å². The summed E-state index contributed by atoms with van der Waals surface area (Å²) in [4.78, 5) is 37.3. The summed E-state index contributed by atoms with van der Waals surface area (Å²) in [6.45, 7) is 0.829. The average molecular weight is 398 g/mol. The molecule has 29 heavy (non-hydrogen) atoms. The van der Waals surface area contributed by atoms with Gasteiger partial charge < -0.3 is 20.5 Å². The number of imide groups is 1. The SMILES string of the molecule is NC(=O)CCN(CC(=O)NC(=O)Nc1ccc2c(c1)OCO2)Cc1ccccc1. The Morgan fingerprint density at radius 3 is 2.55 bits per heavy atom. The van der Waals surface area contributed by atoms with Crippen LogP contribution in [0.2, 0.25) is 0 Å². The van der Waals surface area contributed by atoms with E-state index in [9.17, 15) is 14.4 Å². The van der Waals surface area contributed by atoms with Crippen molar-refractivity contribution in [3.8, 4) is 11.5 Å². The molecule has 0 unspecified atom stereocenters. The number of nitrogens with zero attached hydrogens (tertiary/aromatic N) is 1. The number of nitrogens with one attached hydrogen (secondary N) is 2. The molecule has 2 aromatic carbocycles. The molecule has 152 valence electrons. The molecule has 4 N–H and O–H groups in total. The number of anilines is 1. The largest absolute Gasteiger partial charge is 0.454 e. The smallest absolute Gasteiger partial charge is 0.325 e. The number of carbonyl (C=O) groups excluding carboxylic acids is 3. The molecule has 1 heterocycles. The maximum absolute atomic E-state index is 12.3. The van der Waals surface area contributed by atoms with Crippen molar-refractivity contribution in [2.45, 2.75) is 13.0 Å². The fourth-order valence-corrected chi connectivity index (χ4v) is 2.83. The van der Waals surface area contributed by atoms with Crippen molar-refractivity contribution in [1.29, 1.82) is 0 Å². The summed E-state index contributed by atoms with van der Waals surface area (Å²) in [5.41, 5.74) is 6.67. The first kappa shape index (κ1) is 20.2. The van der Waals surface area contributed by atoms with Crippen molar-refractivity contribution in [3.63, 3.8) is 0 Å². The quantitative estimate of drug-likeness (QED) is 0.618. The molecule has 2 aromatic rings. The van der Waals surface area contributed by atoms with Crippen LogP contribution >= 0.6 is 0 Å². The average Bonchev–Trinajstić information content (AvgIpc) is 3.14. The number of ether oxygens (including phenoxy) is 2. The fourth-order valence-electron chi connectivity index (χ4n) is 2.83. The molecular formula is C20H22N4O5. The third kappa shape index (κ3) is 6.22. The Morgan fingerprint density at radius 1 is 1.03 bits per heavy atom. The minimum atomic E-state index is -0.663. The van der Waals surface area contributed by atoms with Crippen LogP contribution in [0.15, 0.2) is 48.5 Å². The van der Waals surface area contributed by atoms with E-state index in [0.29, 0.717) is 30.3 Å². The number of hydrogen-bond donors (Lipinski definition) is 3. The van der Waals surface area contributed by atoms with Crippen LogP contribution in [0.5, 0.6) is 11.5 Å². The maximum Gasteiger partial charge on any atom is 0.325 e. The number of nitrogens with two attached hydrogens (primary N) is 1. The summed E-state index contributed by atoms with van der Waals surface area (Å²) >= 11 is 0. The number of amides is 4. The van der Waals surface area contributed by atoms with E-state index in [2.05, 4.69) is 10.6 Å². The molecule has 0 fully saturated rings. The zero-order chi connectivity index (χ0) is 20.6. The van der Waals surface area contributed by atoms with Gasteiger partial charge in [0.05, 0.1) is 6.54 Å². The molecule has 9 nitrogen and oxygen atoms in total. The molecular weight excluding hydrogens is 376 g/mol. The second-order valence-corrected chi connectivity index (χ2v) is 6.48. The van der Waals surface area contributed by atoms with Gasteiger partial charge in [0.25, 0.3) is 0 Å². The molecule has 0 radical (unpaired) electrons. The van der Waals surface area contributed by atoms with Crippen LogP contribution in [0.3, 0.4) is 0 Å². The summed E-state index contributed by atoms with van der Waals surface area (Å²) < 4.78 is 10.5. The molecule has 9 heteroatoms. The number of urea groups is 1. The van der Waals surface area contributed by atoms with Gasteiger partial charge >= 0.3 is 6.03 Å². The van der Waals surface area contributed by atoms with Gasteiger partial charge in [0, 0.05) is 31.3 Å². The molecule has 3 rings (SSSR count). The lowest BCUT2D eigenvalue weighted by molar-refractivity contribution is -0.122. The predicted molar refractivity (Wildman–Crippen MR) is 105 cm³/mol. The summed E-state index contributed by atoms with van der Waals surface area (Å²) in [7, 11) is 0. The number of primary amides is 1. The Hall–Kier alpha value is -3.59. The Labute approximate surface area is 167 Å². The molecule has 0 saturated heterocycles. The Morgan fingerprint density at radius 2 is 1.79 bits per heavy atom. The number of benzene rings is 2. The second-order valence-electron chi connectivity index (χ2n) is 6.48. The molecule has 0 aliphatic carbocycles. The van der Waals surface area contributed by atoms with E-state index in [0.717, 1.165) is 5.56 Å². The van der Waals surface area contributed by atoms with Crippen molar-refractivity contribution in [3.05, 3.63) is 54.1 Å². The van der Waals surface area contributed by atoms with Crippen LogP contribution in [0.25, 0.3) is 0 Å². The monoisotopic (exact) mass is 398 g/mol. The fraction of sp³-hybridized carbons (Fsp3) is 0.250. The van der Waals surface area contributed by atoms with Gasteiger partial charge in [0.2, 0.25) is 18.6 Å². The molecule has 1 aliphatic heterocycles. The number of hydrogen-bond acceptors (Lipinski definition) is 6. The van der Waals surface area contributed by atoms with Crippen molar-refractivity contribution < 1.29 is 23.9 Å². The van der Waals surface area contributed by atoms with Gasteiger partial charge in [-0.1, -0.05) is 30.3 Å². The van der Waals surface area contributed by atoms with E-state index < -0.39 is 17.8 Å². The van der Waals surface area contributed by atoms with Gasteiger partial charge in [-0.2, -0.15) is 0 Å². The van der Waals surface area contributed by atoms with E-state index >= 15 is 0 Å². The van der Waals surface area contributed by atoms with Crippen LogP contribution in [-0.4, -0.2) is 42.6 Å². The van der Waals surface area contributed by atoms with Gasteiger partial charge in [-0.25, -0.2) is 4.79 Å². The summed E-state index contributed by atoms with van der Waals surface area (Å²) in [5, 5.41) is 4.86. The molecule has 0 saturated carbocycles. The standard InChI is InChI=1S/C20H22N4O5/c21-18(25)8-9-24(11-14-4-2-1-3-5-14)12-19(26)23-20(27)22-15-6-7-16-17(10-15)29-13-28-16/h1-7,10H,8-9,11-13H2,(H2,21,25)(H2,22,23,26,27). The molecule has 4 amide bonds. The highest BCUT2D eigenvalue weighted by atomic mass is 16.7. The van der Waals surface area contributed by atoms with Gasteiger partial charge in [0.15, 0.2) is 11.5 Å². The summed E-state index contributed by atoms with van der Waals surface area (Å²) in [5.74, 6) is 0.167. The van der Waals surface area contributed by atoms with Crippen molar-refractivity contribution in [2.75, 3.05) is 25.2 Å². The minimum absolute atomic E-state index is 0.0588. The zero-order valence-electron chi connectivity index (χ0n) is 15.7. The summed E-state index contributed by atoms with van der Waals surface area (Å²) in [6, 6.07) is 13.8. The van der Waals surface area contributed by atoms with E-state index in [4.69, 9.17) is 15.2 Å². The van der Waals surface area contributed by atoms with E-state index in [-0.39, 0.29) is 19.8 Å². The van der Waals surface area contributed by atoms with Crippen LogP contribution in [0.1, 0.15) is 12.0 Å². The Balaban J connectivity index is 1.54. The molecule has 0 atom stereocenters. The summed E-state index contributed by atoms with van der Waals surface area (Å²) in [6.07, 6.45) is 0.115. The predicted octanol–water partition coefficient (Wildman–Crippen LogP) is 1.44. The van der Waals surface area contributed by atoms with Crippen molar-refractivity contribution >= 4 is 23.5 Å². The lowest BCUT2D eigenvalue weighted by Gasteiger charge is -2.21. The normalized spacial score (nSPS) is 11.9. The van der Waals surface area contributed by atoms with E-state index in [1.807, 2.05) is 30.3 Å². The van der Waals surface area contributed by atoms with Crippen LogP contribution in [-0.2, 0) is 16.1 Å². The van der Waals surface area contributed by atoms with Crippen LogP contribution < -0.4 is 25.8 Å². The van der Waals surface area contributed by atoms with E-state index in [1.54, 1.807) is 23.1 Å². The first-order valence-electron chi connectivity index (χ1n) is 9.04. The highest BCUT2D eigenvalue weighted by Crippen LogP contribution is 2.34. The Bertz CT molecular complexity index is 888. The maximum atomic E-state index is 12.3. The topological polar surface area (TPSA) is 123 Å². The van der Waals surface area contributed by atoms with Crippen molar-refractivity contribution in [1.82, 2.24) is 10.2 Å². The lowest BCUT2D eigenvalue weighted by atomic mass is 10.2. The molecule has 0 bridgehead atoms. The number of fused-ring (bicyclic) bond motifs is 1. The molecule has 1 aliphatic rings. The molecule has 0 spiro atoms. The third-order valence-corrected chi connectivity index (χ3v) is 4.17. The highest BCUT2D eigenvalue weighted by Gasteiger charge is 2.17. The van der Waals surface area contributed by atoms with Gasteiger partial charge in [0.1, 0.15) is 0 Å². The number of rotatable bonds is 8. The lowest BCUT2D eigenvalue weighted by Crippen LogP contribution is -2.42. The van der Waals surface area contributed by atoms with Crippen molar-refractivity contribution in [2.24, 2.45) is 5.73 Å². The Kier molecular flexibility index (Phi) is 6.64.